The summed E-state index contributed by atoms with van der Waals surface area (Å²) in [6.45, 7) is 2.62. The van der Waals surface area contributed by atoms with Gasteiger partial charge in [0.1, 0.15) is 0 Å². The van der Waals surface area contributed by atoms with E-state index in [9.17, 15) is 4.79 Å². The van der Waals surface area contributed by atoms with Crippen LogP contribution in [0.15, 0.2) is 24.3 Å². The molecular formula is C17H21NO2. The minimum atomic E-state index is 0.253. The van der Waals surface area contributed by atoms with Gasteiger partial charge in [0, 0.05) is 31.0 Å². The van der Waals surface area contributed by atoms with Crippen LogP contribution >= 0.6 is 0 Å². The van der Waals surface area contributed by atoms with Crippen LogP contribution in [0.4, 0.5) is 0 Å². The van der Waals surface area contributed by atoms with Gasteiger partial charge in [-0.3, -0.25) is 4.79 Å². The summed E-state index contributed by atoms with van der Waals surface area (Å²) in [5, 5.41) is 0. The van der Waals surface area contributed by atoms with Crippen molar-refractivity contribution in [2.24, 2.45) is 5.41 Å². The van der Waals surface area contributed by atoms with E-state index in [1.54, 1.807) is 0 Å². The number of hydrogen-bond donors (Lipinski definition) is 0. The quantitative estimate of drug-likeness (QED) is 0.783. The maximum Gasteiger partial charge on any atom is 0.222 e. The SMILES string of the molecule is O=C1CCC2(CCOC2)CN1C1Cc2ccccc2C1. The molecule has 1 aliphatic carbocycles. The molecule has 3 aliphatic rings. The number of ether oxygens (including phenoxy) is 1. The third-order valence-corrected chi connectivity index (χ3v) is 5.35. The summed E-state index contributed by atoms with van der Waals surface area (Å²) in [5.74, 6) is 0.348. The second-order valence-electron chi connectivity index (χ2n) is 6.66. The molecule has 0 N–H and O–H groups in total. The molecule has 1 unspecified atom stereocenters. The first-order valence-corrected chi connectivity index (χ1v) is 7.70. The molecule has 2 saturated heterocycles. The molecule has 2 heterocycles. The summed E-state index contributed by atoms with van der Waals surface area (Å²) in [6, 6.07) is 8.99. The molecule has 1 atom stereocenters. The zero-order chi connectivity index (χ0) is 13.6. The van der Waals surface area contributed by atoms with Gasteiger partial charge in [0.2, 0.25) is 5.91 Å². The molecule has 2 fully saturated rings. The van der Waals surface area contributed by atoms with Gasteiger partial charge in [-0.2, -0.15) is 0 Å². The number of nitrogens with zero attached hydrogens (tertiary/aromatic N) is 1. The van der Waals surface area contributed by atoms with Gasteiger partial charge in [-0.15, -0.1) is 0 Å². The smallest absolute Gasteiger partial charge is 0.222 e. The lowest BCUT2D eigenvalue weighted by Crippen LogP contribution is -2.51. The predicted octanol–water partition coefficient (Wildman–Crippen LogP) is 2.18. The Morgan fingerprint density at radius 2 is 1.90 bits per heavy atom. The fraction of sp³-hybridized carbons (Fsp3) is 0.588. The highest BCUT2D eigenvalue weighted by molar-refractivity contribution is 5.77. The van der Waals surface area contributed by atoms with Gasteiger partial charge in [-0.05, 0) is 36.8 Å². The first-order chi connectivity index (χ1) is 9.76. The number of carbonyl (C=O) groups is 1. The highest BCUT2D eigenvalue weighted by Crippen LogP contribution is 2.40. The van der Waals surface area contributed by atoms with E-state index in [1.807, 2.05) is 0 Å². The Balaban J connectivity index is 1.54. The molecule has 4 rings (SSSR count). The van der Waals surface area contributed by atoms with E-state index in [0.717, 1.165) is 45.4 Å². The molecule has 1 aromatic carbocycles. The van der Waals surface area contributed by atoms with Crippen LogP contribution in [-0.2, 0) is 22.4 Å². The number of carbonyl (C=O) groups excluding carboxylic acids is 1. The van der Waals surface area contributed by atoms with Crippen LogP contribution in [0, 0.1) is 5.41 Å². The number of likely N-dealkylation sites (tertiary alicyclic amines) is 1. The fourth-order valence-corrected chi connectivity index (χ4v) is 4.10. The summed E-state index contributed by atoms with van der Waals surface area (Å²) in [6.07, 6.45) is 4.90. The molecule has 2 aliphatic heterocycles. The first kappa shape index (κ1) is 12.4. The predicted molar refractivity (Wildman–Crippen MR) is 76.5 cm³/mol. The zero-order valence-corrected chi connectivity index (χ0v) is 11.8. The van der Waals surface area contributed by atoms with Crippen molar-refractivity contribution in [3.8, 4) is 0 Å². The molecule has 0 aromatic heterocycles. The van der Waals surface area contributed by atoms with E-state index in [0.29, 0.717) is 18.4 Å². The number of fused-ring (bicyclic) bond motifs is 1. The Bertz CT molecular complexity index is 509. The Morgan fingerprint density at radius 3 is 2.55 bits per heavy atom. The van der Waals surface area contributed by atoms with Crippen LogP contribution in [0.3, 0.4) is 0 Å². The summed E-state index contributed by atoms with van der Waals surface area (Å²) in [4.78, 5) is 14.5. The minimum absolute atomic E-state index is 0.253. The standard InChI is InChI=1S/C17H21NO2/c19-16-5-6-17(7-8-20-12-17)11-18(16)15-9-13-3-1-2-4-14(13)10-15/h1-4,15H,5-12H2. The van der Waals surface area contributed by atoms with Crippen molar-refractivity contribution >= 4 is 5.91 Å². The van der Waals surface area contributed by atoms with Gasteiger partial charge in [-0.1, -0.05) is 24.3 Å². The maximum absolute atomic E-state index is 12.4. The molecule has 0 bridgehead atoms. The van der Waals surface area contributed by atoms with Crippen molar-refractivity contribution in [1.29, 1.82) is 0 Å². The molecule has 0 saturated carbocycles. The van der Waals surface area contributed by atoms with Gasteiger partial charge in [0.25, 0.3) is 0 Å². The lowest BCUT2D eigenvalue weighted by Gasteiger charge is -2.42. The Kier molecular flexibility index (Phi) is 2.84. The van der Waals surface area contributed by atoms with E-state index in [2.05, 4.69) is 29.2 Å². The van der Waals surface area contributed by atoms with E-state index in [-0.39, 0.29) is 5.41 Å². The van der Waals surface area contributed by atoms with Gasteiger partial charge in [-0.25, -0.2) is 0 Å². The van der Waals surface area contributed by atoms with Crippen LogP contribution in [-0.4, -0.2) is 36.6 Å². The minimum Gasteiger partial charge on any atom is -0.381 e. The molecule has 1 aromatic rings. The molecule has 3 nitrogen and oxygen atoms in total. The zero-order valence-electron chi connectivity index (χ0n) is 11.8. The third kappa shape index (κ3) is 1.96. The van der Waals surface area contributed by atoms with Crippen LogP contribution in [0.5, 0.6) is 0 Å². The van der Waals surface area contributed by atoms with Gasteiger partial charge < -0.3 is 9.64 Å². The molecule has 1 amide bonds. The van der Waals surface area contributed by atoms with Crippen LogP contribution in [0.2, 0.25) is 0 Å². The molecule has 20 heavy (non-hydrogen) atoms. The van der Waals surface area contributed by atoms with E-state index in [4.69, 9.17) is 4.74 Å². The summed E-state index contributed by atoms with van der Waals surface area (Å²) < 4.78 is 5.61. The van der Waals surface area contributed by atoms with E-state index >= 15 is 0 Å². The lowest BCUT2D eigenvalue weighted by atomic mass is 9.78. The van der Waals surface area contributed by atoms with Crippen molar-refractivity contribution in [2.45, 2.75) is 38.1 Å². The molecule has 106 valence electrons. The van der Waals surface area contributed by atoms with Gasteiger partial charge >= 0.3 is 0 Å². The van der Waals surface area contributed by atoms with Crippen LogP contribution < -0.4 is 0 Å². The average molecular weight is 271 g/mol. The summed E-state index contributed by atoms with van der Waals surface area (Å²) in [7, 11) is 0. The number of piperidine rings is 1. The normalized spacial score (nSPS) is 30.2. The van der Waals surface area contributed by atoms with Crippen LogP contribution in [0.1, 0.15) is 30.4 Å². The fourth-order valence-electron chi connectivity index (χ4n) is 4.10. The van der Waals surface area contributed by atoms with Crippen LogP contribution in [0.25, 0.3) is 0 Å². The number of amides is 1. The second-order valence-corrected chi connectivity index (χ2v) is 6.66. The Labute approximate surface area is 119 Å². The summed E-state index contributed by atoms with van der Waals surface area (Å²) >= 11 is 0. The highest BCUT2D eigenvalue weighted by Gasteiger charge is 2.44. The topological polar surface area (TPSA) is 29.5 Å². The highest BCUT2D eigenvalue weighted by atomic mass is 16.5. The largest absolute Gasteiger partial charge is 0.381 e. The number of benzene rings is 1. The number of hydrogen-bond acceptors (Lipinski definition) is 2. The van der Waals surface area contributed by atoms with Gasteiger partial charge in [0.15, 0.2) is 0 Å². The van der Waals surface area contributed by atoms with Gasteiger partial charge in [0.05, 0.1) is 6.61 Å². The van der Waals surface area contributed by atoms with Crippen molar-refractivity contribution in [1.82, 2.24) is 4.90 Å². The summed E-state index contributed by atoms with van der Waals surface area (Å²) in [5.41, 5.74) is 3.10. The lowest BCUT2D eigenvalue weighted by molar-refractivity contribution is -0.140. The van der Waals surface area contributed by atoms with Crippen molar-refractivity contribution < 1.29 is 9.53 Å². The molecular weight excluding hydrogens is 250 g/mol. The molecule has 0 radical (unpaired) electrons. The molecule has 1 spiro atoms. The molecule has 3 heteroatoms. The Hall–Kier alpha value is -1.35. The first-order valence-electron chi connectivity index (χ1n) is 7.70. The van der Waals surface area contributed by atoms with Crippen molar-refractivity contribution in [2.75, 3.05) is 19.8 Å². The Morgan fingerprint density at radius 1 is 1.15 bits per heavy atom. The monoisotopic (exact) mass is 271 g/mol. The van der Waals surface area contributed by atoms with Crippen molar-refractivity contribution in [3.05, 3.63) is 35.4 Å². The third-order valence-electron chi connectivity index (χ3n) is 5.35. The maximum atomic E-state index is 12.4. The van der Waals surface area contributed by atoms with Crippen molar-refractivity contribution in [3.63, 3.8) is 0 Å². The average Bonchev–Trinajstić information content (AvgIpc) is 3.09. The second kappa shape index (κ2) is 4.59. The van der Waals surface area contributed by atoms with E-state index in [1.165, 1.54) is 11.1 Å². The van der Waals surface area contributed by atoms with E-state index < -0.39 is 0 Å². The number of rotatable bonds is 1.